The lowest BCUT2D eigenvalue weighted by Gasteiger charge is -2.09. The van der Waals surface area contributed by atoms with Crippen molar-refractivity contribution in [1.29, 1.82) is 0 Å². The maximum absolute atomic E-state index is 6.23. The highest BCUT2D eigenvalue weighted by Gasteiger charge is 2.16. The average molecular weight is 478 g/mol. The molecule has 2 heterocycles. The van der Waals surface area contributed by atoms with Gasteiger partial charge in [-0.25, -0.2) is 0 Å². The van der Waals surface area contributed by atoms with Crippen molar-refractivity contribution in [3.63, 3.8) is 0 Å². The Kier molecular flexibility index (Phi) is 5.71. The largest absolute Gasteiger partial charge is 0.456 e. The predicted molar refractivity (Wildman–Crippen MR) is 131 cm³/mol. The van der Waals surface area contributed by atoms with Crippen molar-refractivity contribution in [2.24, 2.45) is 0 Å². The van der Waals surface area contributed by atoms with Gasteiger partial charge in [-0.15, -0.1) is 10.2 Å². The second-order valence-electron chi connectivity index (χ2n) is 7.18. The molecule has 0 amide bonds. The van der Waals surface area contributed by atoms with Crippen LogP contribution in [0.15, 0.2) is 95.4 Å². The highest BCUT2D eigenvalue weighted by atomic mass is 35.5. The van der Waals surface area contributed by atoms with E-state index in [1.165, 1.54) is 0 Å². The second-order valence-corrected chi connectivity index (χ2v) is 8.49. The summed E-state index contributed by atoms with van der Waals surface area (Å²) in [5, 5.41) is 11.0. The van der Waals surface area contributed by atoms with E-state index in [4.69, 9.17) is 39.2 Å². The maximum Gasteiger partial charge on any atom is 0.137 e. The van der Waals surface area contributed by atoms with Gasteiger partial charge in [-0.2, -0.15) is 0 Å². The van der Waals surface area contributed by atoms with Crippen molar-refractivity contribution in [2.45, 2.75) is 0 Å². The predicted octanol–water partition coefficient (Wildman–Crippen LogP) is 8.70. The molecule has 5 aromatic rings. The Labute approximate surface area is 200 Å². The highest BCUT2D eigenvalue weighted by molar-refractivity contribution is 6.31. The van der Waals surface area contributed by atoms with Crippen LogP contribution in [-0.2, 0) is 0 Å². The number of halogens is 3. The first kappa shape index (κ1) is 20.8. The van der Waals surface area contributed by atoms with Crippen LogP contribution in [0.5, 0.6) is 0 Å². The van der Waals surface area contributed by atoms with Crippen molar-refractivity contribution in [3.8, 4) is 45.2 Å². The fourth-order valence-corrected chi connectivity index (χ4v) is 3.88. The van der Waals surface area contributed by atoms with Gasteiger partial charge >= 0.3 is 0 Å². The molecule has 3 nitrogen and oxygen atoms in total. The van der Waals surface area contributed by atoms with Crippen molar-refractivity contribution >= 4 is 34.8 Å². The zero-order valence-corrected chi connectivity index (χ0v) is 18.9. The van der Waals surface area contributed by atoms with Crippen LogP contribution >= 0.6 is 34.8 Å². The summed E-state index contributed by atoms with van der Waals surface area (Å²) in [5.74, 6) is 1.39. The molecule has 0 atom stereocenters. The standard InChI is InChI=1S/C26H15Cl3N2O/c27-19-8-4-16(5-9-19)23-15-22(26(31-30-23)17-6-10-20(28)11-7-17)25-13-12-24(32-25)18-2-1-3-21(29)14-18/h1-15H. The zero-order valence-electron chi connectivity index (χ0n) is 16.6. The van der Waals surface area contributed by atoms with E-state index in [1.807, 2.05) is 91.0 Å². The summed E-state index contributed by atoms with van der Waals surface area (Å²) in [6.07, 6.45) is 0. The number of rotatable bonds is 4. The Balaban J connectivity index is 1.65. The minimum absolute atomic E-state index is 0.651. The first-order chi connectivity index (χ1) is 15.6. The van der Waals surface area contributed by atoms with E-state index in [0.717, 1.165) is 33.7 Å². The molecule has 0 aliphatic heterocycles. The first-order valence-corrected chi connectivity index (χ1v) is 11.0. The number of furan rings is 1. The topological polar surface area (TPSA) is 38.9 Å². The Bertz CT molecular complexity index is 1390. The molecule has 3 aromatic carbocycles. The molecule has 0 radical (unpaired) electrons. The molecule has 32 heavy (non-hydrogen) atoms. The van der Waals surface area contributed by atoms with E-state index in [1.54, 1.807) is 0 Å². The Morgan fingerprint density at radius 3 is 1.88 bits per heavy atom. The maximum atomic E-state index is 6.23. The summed E-state index contributed by atoms with van der Waals surface area (Å²) in [5.41, 5.74) is 4.94. The van der Waals surface area contributed by atoms with Gasteiger partial charge in [-0.1, -0.05) is 71.2 Å². The molecule has 0 fully saturated rings. The SMILES string of the molecule is Clc1ccc(-c2cc(-c3ccc(-c4cccc(Cl)c4)o3)c(-c3ccc(Cl)cc3)nn2)cc1. The summed E-state index contributed by atoms with van der Waals surface area (Å²) in [7, 11) is 0. The molecule has 0 bridgehead atoms. The molecular weight excluding hydrogens is 463 g/mol. The molecule has 0 N–H and O–H groups in total. The molecule has 0 aliphatic rings. The lowest BCUT2D eigenvalue weighted by atomic mass is 10.0. The van der Waals surface area contributed by atoms with Crippen LogP contribution in [0.4, 0.5) is 0 Å². The van der Waals surface area contributed by atoms with Gasteiger partial charge in [0.1, 0.15) is 17.2 Å². The summed E-state index contributed by atoms with van der Waals surface area (Å²) in [6, 6.07) is 28.4. The monoisotopic (exact) mass is 476 g/mol. The lowest BCUT2D eigenvalue weighted by Crippen LogP contribution is -1.95. The molecule has 0 saturated carbocycles. The van der Waals surface area contributed by atoms with E-state index in [2.05, 4.69) is 10.2 Å². The Morgan fingerprint density at radius 1 is 0.531 bits per heavy atom. The Hall–Kier alpha value is -3.11. The lowest BCUT2D eigenvalue weighted by molar-refractivity contribution is 0.597. The molecule has 5 rings (SSSR count). The minimum atomic E-state index is 0.651. The van der Waals surface area contributed by atoms with Gasteiger partial charge in [0.15, 0.2) is 0 Å². The number of hydrogen-bond donors (Lipinski definition) is 0. The van der Waals surface area contributed by atoms with E-state index in [0.29, 0.717) is 26.5 Å². The van der Waals surface area contributed by atoms with Gasteiger partial charge in [-0.3, -0.25) is 0 Å². The van der Waals surface area contributed by atoms with Gasteiger partial charge in [0.25, 0.3) is 0 Å². The van der Waals surface area contributed by atoms with Crippen LogP contribution in [0.3, 0.4) is 0 Å². The number of benzene rings is 3. The van der Waals surface area contributed by atoms with E-state index in [-0.39, 0.29) is 0 Å². The van der Waals surface area contributed by atoms with E-state index >= 15 is 0 Å². The Morgan fingerprint density at radius 2 is 1.19 bits per heavy atom. The molecule has 0 spiro atoms. The van der Waals surface area contributed by atoms with Crippen LogP contribution in [0.1, 0.15) is 0 Å². The number of hydrogen-bond acceptors (Lipinski definition) is 3. The number of nitrogens with zero attached hydrogens (tertiary/aromatic N) is 2. The van der Waals surface area contributed by atoms with E-state index in [9.17, 15) is 0 Å². The average Bonchev–Trinajstić information content (AvgIpc) is 3.30. The molecular formula is C26H15Cl3N2O. The summed E-state index contributed by atoms with van der Waals surface area (Å²) >= 11 is 18.3. The molecule has 0 saturated heterocycles. The quantitative estimate of drug-likeness (QED) is 0.260. The van der Waals surface area contributed by atoms with Gasteiger partial charge in [0.05, 0.1) is 5.69 Å². The minimum Gasteiger partial charge on any atom is -0.456 e. The smallest absolute Gasteiger partial charge is 0.137 e. The zero-order chi connectivity index (χ0) is 22.1. The van der Waals surface area contributed by atoms with Gasteiger partial charge < -0.3 is 4.42 Å². The molecule has 0 unspecified atom stereocenters. The fraction of sp³-hybridized carbons (Fsp3) is 0. The van der Waals surface area contributed by atoms with Gasteiger partial charge in [0.2, 0.25) is 0 Å². The van der Waals surface area contributed by atoms with Crippen molar-refractivity contribution < 1.29 is 4.42 Å². The van der Waals surface area contributed by atoms with E-state index < -0.39 is 0 Å². The summed E-state index contributed by atoms with van der Waals surface area (Å²) in [4.78, 5) is 0. The fourth-order valence-electron chi connectivity index (χ4n) is 3.44. The summed E-state index contributed by atoms with van der Waals surface area (Å²) < 4.78 is 6.23. The van der Waals surface area contributed by atoms with Gasteiger partial charge in [0, 0.05) is 37.3 Å². The van der Waals surface area contributed by atoms with Crippen LogP contribution in [-0.4, -0.2) is 10.2 Å². The van der Waals surface area contributed by atoms with Gasteiger partial charge in [-0.05, 0) is 54.6 Å². The second kappa shape index (κ2) is 8.79. The third kappa shape index (κ3) is 4.28. The van der Waals surface area contributed by atoms with Crippen LogP contribution in [0, 0.1) is 0 Å². The third-order valence-corrected chi connectivity index (χ3v) is 5.77. The molecule has 6 heteroatoms. The third-order valence-electron chi connectivity index (χ3n) is 5.03. The van der Waals surface area contributed by atoms with Crippen LogP contribution in [0.2, 0.25) is 15.1 Å². The van der Waals surface area contributed by atoms with Crippen molar-refractivity contribution in [3.05, 3.63) is 106 Å². The molecule has 2 aromatic heterocycles. The summed E-state index contributed by atoms with van der Waals surface area (Å²) in [6.45, 7) is 0. The number of aromatic nitrogens is 2. The first-order valence-electron chi connectivity index (χ1n) is 9.82. The van der Waals surface area contributed by atoms with Crippen molar-refractivity contribution in [2.75, 3.05) is 0 Å². The van der Waals surface area contributed by atoms with Crippen LogP contribution in [0.25, 0.3) is 45.2 Å². The van der Waals surface area contributed by atoms with Crippen molar-refractivity contribution in [1.82, 2.24) is 10.2 Å². The normalized spacial score (nSPS) is 11.0. The molecule has 156 valence electrons. The highest BCUT2D eigenvalue weighted by Crippen LogP contribution is 2.36. The van der Waals surface area contributed by atoms with Crippen LogP contribution < -0.4 is 0 Å². The molecule has 0 aliphatic carbocycles.